The Morgan fingerprint density at radius 2 is 2.08 bits per heavy atom. The first-order chi connectivity index (χ1) is 5.50. The maximum absolute atomic E-state index is 10.1. The van der Waals surface area contributed by atoms with Crippen molar-refractivity contribution in [3.8, 4) is 0 Å². The number of aliphatic hydroxyl groups is 2. The Kier molecular flexibility index (Phi) is 1.59. The van der Waals surface area contributed by atoms with Crippen LogP contribution in [0.4, 0.5) is 0 Å². The summed E-state index contributed by atoms with van der Waals surface area (Å²) in [5.41, 5.74) is -0.506. The zero-order chi connectivity index (χ0) is 8.98. The average molecular weight is 170 g/mol. The first kappa shape index (κ1) is 8.52. The van der Waals surface area contributed by atoms with Gasteiger partial charge in [0.05, 0.1) is 12.2 Å². The van der Waals surface area contributed by atoms with Crippen molar-refractivity contribution in [2.24, 2.45) is 17.3 Å². The monoisotopic (exact) mass is 170 g/mol. The van der Waals surface area contributed by atoms with Crippen LogP contribution in [0.1, 0.15) is 33.1 Å². The minimum atomic E-state index is -0.766. The third-order valence-electron chi connectivity index (χ3n) is 4.32. The van der Waals surface area contributed by atoms with E-state index in [1.807, 2.05) is 0 Å². The van der Waals surface area contributed by atoms with Gasteiger partial charge in [0, 0.05) is 0 Å². The minimum absolute atomic E-state index is 0.0617. The van der Waals surface area contributed by atoms with Crippen LogP contribution < -0.4 is 0 Å². The average Bonchev–Trinajstić information content (AvgIpc) is 2.04. The van der Waals surface area contributed by atoms with Crippen molar-refractivity contribution in [3.05, 3.63) is 0 Å². The van der Waals surface area contributed by atoms with E-state index in [4.69, 9.17) is 5.11 Å². The molecule has 2 bridgehead atoms. The van der Waals surface area contributed by atoms with Gasteiger partial charge >= 0.3 is 0 Å². The van der Waals surface area contributed by atoms with E-state index in [0.29, 0.717) is 5.92 Å². The number of hydrogen-bond donors (Lipinski definition) is 2. The van der Waals surface area contributed by atoms with Gasteiger partial charge in [0.15, 0.2) is 0 Å². The second kappa shape index (κ2) is 2.24. The lowest BCUT2D eigenvalue weighted by Gasteiger charge is -2.63. The molecule has 12 heavy (non-hydrogen) atoms. The van der Waals surface area contributed by atoms with Crippen molar-refractivity contribution in [1.82, 2.24) is 0 Å². The van der Waals surface area contributed by atoms with Crippen LogP contribution in [0, 0.1) is 17.3 Å². The Bertz CT molecular complexity index is 198. The van der Waals surface area contributed by atoms with Crippen LogP contribution in [0.2, 0.25) is 0 Å². The van der Waals surface area contributed by atoms with Gasteiger partial charge in [-0.3, -0.25) is 0 Å². The van der Waals surface area contributed by atoms with Crippen molar-refractivity contribution >= 4 is 0 Å². The summed E-state index contributed by atoms with van der Waals surface area (Å²) in [6.07, 6.45) is 2.99. The van der Waals surface area contributed by atoms with Crippen molar-refractivity contribution in [1.29, 1.82) is 0 Å². The smallest absolute Gasteiger partial charge is 0.0910 e. The van der Waals surface area contributed by atoms with Crippen LogP contribution >= 0.6 is 0 Å². The van der Waals surface area contributed by atoms with Gasteiger partial charge in [0.2, 0.25) is 0 Å². The molecule has 70 valence electrons. The normalized spacial score (nSPS) is 50.0. The topological polar surface area (TPSA) is 40.5 Å². The molecule has 0 aromatic carbocycles. The molecule has 1 unspecified atom stereocenters. The maximum atomic E-state index is 10.1. The van der Waals surface area contributed by atoms with Gasteiger partial charge < -0.3 is 10.2 Å². The predicted octanol–water partition coefficient (Wildman–Crippen LogP) is 1.17. The molecule has 2 heteroatoms. The highest BCUT2D eigenvalue weighted by molar-refractivity contribution is 5.10. The molecule has 3 fully saturated rings. The molecule has 3 rings (SSSR count). The van der Waals surface area contributed by atoms with Crippen molar-refractivity contribution in [2.45, 2.75) is 38.7 Å². The van der Waals surface area contributed by atoms with Crippen LogP contribution in [0.15, 0.2) is 0 Å². The van der Waals surface area contributed by atoms with E-state index in [9.17, 15) is 5.11 Å². The molecule has 0 aliphatic heterocycles. The van der Waals surface area contributed by atoms with Gasteiger partial charge in [-0.05, 0) is 36.5 Å². The third-order valence-corrected chi connectivity index (χ3v) is 4.32. The fourth-order valence-corrected chi connectivity index (χ4v) is 3.21. The fraction of sp³-hybridized carbons (Fsp3) is 1.00. The predicted molar refractivity (Wildman–Crippen MR) is 46.6 cm³/mol. The van der Waals surface area contributed by atoms with Crippen LogP contribution in [0.25, 0.3) is 0 Å². The molecule has 0 aromatic rings. The number of fused-ring (bicyclic) bond motifs is 2. The molecular weight excluding hydrogens is 152 g/mol. The van der Waals surface area contributed by atoms with E-state index < -0.39 is 5.60 Å². The highest BCUT2D eigenvalue weighted by atomic mass is 16.3. The fourth-order valence-electron chi connectivity index (χ4n) is 3.21. The summed E-state index contributed by atoms with van der Waals surface area (Å²) in [5.74, 6) is 1.11. The highest BCUT2D eigenvalue weighted by Gasteiger charge is 2.60. The molecule has 2 nitrogen and oxygen atoms in total. The largest absolute Gasteiger partial charge is 0.393 e. The van der Waals surface area contributed by atoms with E-state index in [0.717, 1.165) is 25.2 Å². The molecule has 0 heterocycles. The van der Waals surface area contributed by atoms with Gasteiger partial charge in [-0.15, -0.1) is 0 Å². The van der Waals surface area contributed by atoms with Crippen molar-refractivity contribution in [3.63, 3.8) is 0 Å². The number of aliphatic hydroxyl groups excluding tert-OH is 1. The quantitative estimate of drug-likeness (QED) is 0.620. The molecule has 0 spiro atoms. The van der Waals surface area contributed by atoms with Gasteiger partial charge in [-0.25, -0.2) is 0 Å². The molecular formula is C10H18O2. The first-order valence-electron chi connectivity index (χ1n) is 4.84. The van der Waals surface area contributed by atoms with E-state index >= 15 is 0 Å². The van der Waals surface area contributed by atoms with Crippen LogP contribution in [-0.4, -0.2) is 22.4 Å². The summed E-state index contributed by atoms with van der Waals surface area (Å²) in [4.78, 5) is 0. The first-order valence-corrected chi connectivity index (χ1v) is 4.84. The highest BCUT2D eigenvalue weighted by Crippen LogP contribution is 2.62. The molecule has 3 atom stereocenters. The molecule has 3 aliphatic rings. The summed E-state index contributed by atoms with van der Waals surface area (Å²) < 4.78 is 0. The third kappa shape index (κ3) is 0.826. The lowest BCUT2D eigenvalue weighted by molar-refractivity contribution is -0.215. The Labute approximate surface area is 73.6 Å². The second-order valence-electron chi connectivity index (χ2n) is 5.11. The second-order valence-corrected chi connectivity index (χ2v) is 5.11. The van der Waals surface area contributed by atoms with E-state index in [1.54, 1.807) is 0 Å². The Hall–Kier alpha value is -0.0800. The number of rotatable bonds is 1. The Balaban J connectivity index is 2.21. The lowest BCUT2D eigenvalue weighted by Crippen LogP contribution is -2.62. The van der Waals surface area contributed by atoms with Gasteiger partial charge in [-0.2, -0.15) is 0 Å². The van der Waals surface area contributed by atoms with Crippen molar-refractivity contribution in [2.75, 3.05) is 6.61 Å². The summed E-state index contributed by atoms with van der Waals surface area (Å²) in [6.45, 7) is 4.37. The van der Waals surface area contributed by atoms with Crippen molar-refractivity contribution < 1.29 is 10.2 Å². The molecule has 0 radical (unpaired) electrons. The van der Waals surface area contributed by atoms with Crippen LogP contribution in [-0.2, 0) is 0 Å². The number of hydrogen-bond acceptors (Lipinski definition) is 2. The van der Waals surface area contributed by atoms with Crippen LogP contribution in [0.5, 0.6) is 0 Å². The minimum Gasteiger partial charge on any atom is -0.393 e. The summed E-state index contributed by atoms with van der Waals surface area (Å²) in [6, 6.07) is 0. The summed E-state index contributed by atoms with van der Waals surface area (Å²) in [5, 5.41) is 19.2. The van der Waals surface area contributed by atoms with E-state index in [1.165, 1.54) is 0 Å². The Morgan fingerprint density at radius 3 is 2.42 bits per heavy atom. The van der Waals surface area contributed by atoms with Gasteiger partial charge in [-0.1, -0.05) is 13.8 Å². The SMILES string of the molecule is CC1(C)[C@H]2CCC(O)(CO)[C@@H]1C2. The van der Waals surface area contributed by atoms with Gasteiger partial charge in [0.25, 0.3) is 0 Å². The summed E-state index contributed by atoms with van der Waals surface area (Å²) >= 11 is 0. The molecule has 0 aromatic heterocycles. The van der Waals surface area contributed by atoms with E-state index in [-0.39, 0.29) is 12.0 Å². The standard InChI is InChI=1S/C10H18O2/c1-9(2)7-3-4-10(12,6-11)8(9)5-7/h7-8,11-12H,3-6H2,1-2H3/t7-,8+,10?/m0/s1. The van der Waals surface area contributed by atoms with E-state index in [2.05, 4.69) is 13.8 Å². The molecule has 0 saturated heterocycles. The molecule has 2 N–H and O–H groups in total. The summed E-state index contributed by atoms with van der Waals surface area (Å²) in [7, 11) is 0. The zero-order valence-electron chi connectivity index (χ0n) is 7.88. The molecule has 3 aliphatic carbocycles. The van der Waals surface area contributed by atoms with Crippen LogP contribution in [0.3, 0.4) is 0 Å². The molecule has 0 amide bonds. The zero-order valence-corrected chi connectivity index (χ0v) is 7.88. The molecule has 3 saturated carbocycles. The Morgan fingerprint density at radius 1 is 1.42 bits per heavy atom. The van der Waals surface area contributed by atoms with Gasteiger partial charge in [0.1, 0.15) is 0 Å². The maximum Gasteiger partial charge on any atom is 0.0910 e. The lowest BCUT2D eigenvalue weighted by atomic mass is 9.44.